The summed E-state index contributed by atoms with van der Waals surface area (Å²) in [6, 6.07) is 12.8. The maximum Gasteiger partial charge on any atom is 0.246 e. The lowest BCUT2D eigenvalue weighted by Gasteiger charge is -2.01. The second-order valence-corrected chi connectivity index (χ2v) is 9.15. The van der Waals surface area contributed by atoms with Gasteiger partial charge in [0, 0.05) is 20.9 Å². The van der Waals surface area contributed by atoms with E-state index in [2.05, 4.69) is 0 Å². The van der Waals surface area contributed by atoms with Crippen LogP contribution in [0.5, 0.6) is 0 Å². The average molecular weight is 418 g/mol. The first-order chi connectivity index (χ1) is 11.7. The molecule has 2 rings (SSSR count). The summed E-state index contributed by atoms with van der Waals surface area (Å²) in [5, 5.41) is 2.55. The summed E-state index contributed by atoms with van der Waals surface area (Å²) in [6.45, 7) is 0. The fourth-order valence-corrected chi connectivity index (χ4v) is 4.37. The highest BCUT2D eigenvalue weighted by molar-refractivity contribution is 8.07. The Labute approximate surface area is 156 Å². The van der Waals surface area contributed by atoms with Crippen LogP contribution in [0.4, 0.5) is 0 Å². The van der Waals surface area contributed by atoms with E-state index < -0.39 is 20.0 Å². The molecule has 2 aromatic carbocycles. The number of hydrogen-bond donors (Lipinski definition) is 1. The van der Waals surface area contributed by atoms with Crippen LogP contribution in [0, 0.1) is 0 Å². The Morgan fingerprint density at radius 1 is 0.640 bits per heavy atom. The second kappa shape index (κ2) is 8.16. The van der Waals surface area contributed by atoms with E-state index >= 15 is 0 Å². The predicted molar refractivity (Wildman–Crippen MR) is 102 cm³/mol. The van der Waals surface area contributed by atoms with Crippen molar-refractivity contribution in [3.63, 3.8) is 0 Å². The molecule has 0 fully saturated rings. The number of nitrogens with one attached hydrogen (secondary N) is 1. The Morgan fingerprint density at radius 2 is 0.960 bits per heavy atom. The molecule has 0 saturated carbocycles. The van der Waals surface area contributed by atoms with Crippen molar-refractivity contribution in [1.82, 2.24) is 4.13 Å². The SMILES string of the molecule is O=S(=O)(C=Cc1ccc(Cl)cc1)NS(=O)(=O)C=Cc1ccc(Cl)cc1. The molecular formula is C16H13Cl2NO4S2. The second-order valence-electron chi connectivity index (χ2n) is 4.88. The zero-order chi connectivity index (χ0) is 18.5. The summed E-state index contributed by atoms with van der Waals surface area (Å²) < 4.78 is 49.2. The highest BCUT2D eigenvalue weighted by Gasteiger charge is 2.15. The van der Waals surface area contributed by atoms with Crippen molar-refractivity contribution in [1.29, 1.82) is 0 Å². The molecule has 0 spiro atoms. The van der Waals surface area contributed by atoms with Gasteiger partial charge >= 0.3 is 0 Å². The minimum atomic E-state index is -4.18. The highest BCUT2D eigenvalue weighted by Crippen LogP contribution is 2.12. The summed E-state index contributed by atoms with van der Waals surface area (Å²) >= 11 is 11.5. The molecule has 0 aliphatic carbocycles. The molecule has 5 nitrogen and oxygen atoms in total. The van der Waals surface area contributed by atoms with Crippen LogP contribution in [-0.2, 0) is 20.0 Å². The third kappa shape index (κ3) is 7.01. The molecule has 0 radical (unpaired) electrons. The van der Waals surface area contributed by atoms with Crippen molar-refractivity contribution in [2.24, 2.45) is 0 Å². The molecule has 0 atom stereocenters. The third-order valence-electron chi connectivity index (χ3n) is 2.85. The van der Waals surface area contributed by atoms with Crippen molar-refractivity contribution < 1.29 is 16.8 Å². The largest absolute Gasteiger partial charge is 0.246 e. The molecular weight excluding hydrogens is 405 g/mol. The average Bonchev–Trinajstić information content (AvgIpc) is 2.53. The van der Waals surface area contributed by atoms with E-state index in [1.54, 1.807) is 52.7 Å². The van der Waals surface area contributed by atoms with Gasteiger partial charge in [-0.25, -0.2) is 16.8 Å². The lowest BCUT2D eigenvalue weighted by Crippen LogP contribution is -2.26. The number of hydrogen-bond acceptors (Lipinski definition) is 4. The molecule has 0 aliphatic rings. The van der Waals surface area contributed by atoms with Gasteiger partial charge in [0.15, 0.2) is 0 Å². The van der Waals surface area contributed by atoms with Crippen LogP contribution in [0.1, 0.15) is 11.1 Å². The lowest BCUT2D eigenvalue weighted by atomic mass is 10.2. The first-order valence-electron chi connectivity index (χ1n) is 6.81. The van der Waals surface area contributed by atoms with Crippen LogP contribution in [0.25, 0.3) is 12.2 Å². The molecule has 132 valence electrons. The van der Waals surface area contributed by atoms with Gasteiger partial charge in [0.05, 0.1) is 0 Å². The predicted octanol–water partition coefficient (Wildman–Crippen LogP) is 3.88. The molecule has 0 saturated heterocycles. The number of rotatable bonds is 6. The molecule has 9 heteroatoms. The number of benzene rings is 2. The van der Waals surface area contributed by atoms with Gasteiger partial charge in [-0.05, 0) is 47.5 Å². The Kier molecular flexibility index (Phi) is 6.42. The standard InChI is InChI=1S/C16H13Cl2NO4S2/c17-15-5-1-13(2-6-15)9-11-24(20,21)19-25(22,23)12-10-14-3-7-16(18)8-4-14/h1-12,19H. The summed E-state index contributed by atoms with van der Waals surface area (Å²) in [7, 11) is -8.37. The van der Waals surface area contributed by atoms with Crippen molar-refractivity contribution in [3.8, 4) is 0 Å². The van der Waals surface area contributed by atoms with E-state index in [0.29, 0.717) is 21.2 Å². The summed E-state index contributed by atoms with van der Waals surface area (Å²) in [5.41, 5.74) is 1.12. The molecule has 0 amide bonds. The maximum absolute atomic E-state index is 11.9. The van der Waals surface area contributed by atoms with Gasteiger partial charge < -0.3 is 0 Å². The van der Waals surface area contributed by atoms with Crippen LogP contribution in [0.3, 0.4) is 0 Å². The first kappa shape index (κ1) is 19.7. The van der Waals surface area contributed by atoms with Crippen molar-refractivity contribution in [3.05, 3.63) is 80.5 Å². The monoisotopic (exact) mass is 417 g/mol. The summed E-state index contributed by atoms with van der Waals surface area (Å²) in [6.07, 6.45) is 2.52. The smallest absolute Gasteiger partial charge is 0.207 e. The maximum atomic E-state index is 11.9. The lowest BCUT2D eigenvalue weighted by molar-refractivity contribution is 0.587. The van der Waals surface area contributed by atoms with Crippen LogP contribution < -0.4 is 4.13 Å². The molecule has 0 heterocycles. The molecule has 1 N–H and O–H groups in total. The van der Waals surface area contributed by atoms with E-state index in [1.807, 2.05) is 0 Å². The Balaban J connectivity index is 2.09. The van der Waals surface area contributed by atoms with Crippen LogP contribution in [0.2, 0.25) is 10.0 Å². The fourth-order valence-electron chi connectivity index (χ4n) is 1.70. The summed E-state index contributed by atoms with van der Waals surface area (Å²) in [5.74, 6) is 0. The Hall–Kier alpha value is -1.64. The quantitative estimate of drug-likeness (QED) is 0.772. The van der Waals surface area contributed by atoms with Crippen molar-refractivity contribution >= 4 is 55.4 Å². The molecule has 2 aromatic rings. The van der Waals surface area contributed by atoms with E-state index in [9.17, 15) is 16.8 Å². The number of halogens is 2. The van der Waals surface area contributed by atoms with Crippen LogP contribution in [0.15, 0.2) is 59.3 Å². The van der Waals surface area contributed by atoms with E-state index in [4.69, 9.17) is 23.2 Å². The topological polar surface area (TPSA) is 80.3 Å². The molecule has 0 aromatic heterocycles. The fraction of sp³-hybridized carbons (Fsp3) is 0. The highest BCUT2D eigenvalue weighted by atomic mass is 35.5. The molecule has 0 aliphatic heterocycles. The van der Waals surface area contributed by atoms with Gasteiger partial charge in [-0.15, -0.1) is 4.13 Å². The van der Waals surface area contributed by atoms with Gasteiger partial charge in [0.25, 0.3) is 0 Å². The summed E-state index contributed by atoms with van der Waals surface area (Å²) in [4.78, 5) is 0. The normalized spacial score (nSPS) is 12.9. The van der Waals surface area contributed by atoms with Gasteiger partial charge in [-0.3, -0.25) is 0 Å². The van der Waals surface area contributed by atoms with E-state index in [-0.39, 0.29) is 0 Å². The number of sulfonamides is 2. The zero-order valence-corrected chi connectivity index (χ0v) is 15.8. The third-order valence-corrected chi connectivity index (χ3v) is 6.20. The zero-order valence-electron chi connectivity index (χ0n) is 12.6. The minimum Gasteiger partial charge on any atom is -0.207 e. The molecule has 0 bridgehead atoms. The van der Waals surface area contributed by atoms with Gasteiger partial charge in [-0.1, -0.05) is 47.5 Å². The Bertz CT molecular complexity index is 912. The molecule has 25 heavy (non-hydrogen) atoms. The van der Waals surface area contributed by atoms with Crippen molar-refractivity contribution in [2.75, 3.05) is 0 Å². The Morgan fingerprint density at radius 3 is 1.28 bits per heavy atom. The van der Waals surface area contributed by atoms with Crippen LogP contribution in [-0.4, -0.2) is 16.8 Å². The van der Waals surface area contributed by atoms with Gasteiger partial charge in [0.2, 0.25) is 20.0 Å². The van der Waals surface area contributed by atoms with E-state index in [0.717, 1.165) is 10.8 Å². The van der Waals surface area contributed by atoms with Gasteiger partial charge in [-0.2, -0.15) is 0 Å². The minimum absolute atomic E-state index is 0.507. The van der Waals surface area contributed by atoms with E-state index in [1.165, 1.54) is 12.2 Å². The van der Waals surface area contributed by atoms with Crippen molar-refractivity contribution in [2.45, 2.75) is 0 Å². The van der Waals surface area contributed by atoms with Gasteiger partial charge in [0.1, 0.15) is 0 Å². The molecule has 0 unspecified atom stereocenters. The first-order valence-corrected chi connectivity index (χ1v) is 10.7. The van der Waals surface area contributed by atoms with Crippen LogP contribution >= 0.6 is 23.2 Å².